The summed E-state index contributed by atoms with van der Waals surface area (Å²) in [5, 5.41) is 4.84. The van der Waals surface area contributed by atoms with Crippen molar-refractivity contribution < 1.29 is 0 Å². The van der Waals surface area contributed by atoms with Gasteiger partial charge in [0.2, 0.25) is 0 Å². The first kappa shape index (κ1) is 13.7. The van der Waals surface area contributed by atoms with Crippen molar-refractivity contribution in [1.82, 2.24) is 9.88 Å². The van der Waals surface area contributed by atoms with E-state index < -0.39 is 0 Å². The van der Waals surface area contributed by atoms with Gasteiger partial charge in [-0.1, -0.05) is 32.0 Å². The maximum absolute atomic E-state index is 5.37. The van der Waals surface area contributed by atoms with Gasteiger partial charge in [0.25, 0.3) is 0 Å². The Morgan fingerprint density at radius 3 is 2.84 bits per heavy atom. The van der Waals surface area contributed by atoms with Gasteiger partial charge in [-0.05, 0) is 24.1 Å². The summed E-state index contributed by atoms with van der Waals surface area (Å²) in [6.45, 7) is 7.30. The molecule has 0 saturated heterocycles. The number of nitrogens with one attached hydrogen (secondary N) is 1. The van der Waals surface area contributed by atoms with E-state index in [1.807, 2.05) is 0 Å². The highest BCUT2D eigenvalue weighted by Gasteiger charge is 2.07. The lowest BCUT2D eigenvalue weighted by Gasteiger charge is -2.06. The maximum Gasteiger partial charge on any atom is 0.0483 e. The van der Waals surface area contributed by atoms with Crippen LogP contribution in [0.3, 0.4) is 0 Å². The first-order chi connectivity index (χ1) is 9.22. The number of terminal acetylenes is 1. The van der Waals surface area contributed by atoms with E-state index in [1.54, 1.807) is 0 Å². The van der Waals surface area contributed by atoms with E-state index in [0.29, 0.717) is 5.92 Å². The highest BCUT2D eigenvalue weighted by atomic mass is 15.0. The molecule has 0 amide bonds. The van der Waals surface area contributed by atoms with Crippen molar-refractivity contribution in [3.05, 3.63) is 36.0 Å². The number of benzene rings is 1. The van der Waals surface area contributed by atoms with Crippen LogP contribution < -0.4 is 5.32 Å². The minimum Gasteiger partial charge on any atom is -0.346 e. The number of nitrogens with zero attached hydrogens (tertiary/aromatic N) is 1. The van der Waals surface area contributed by atoms with Crippen molar-refractivity contribution >= 4 is 10.9 Å². The van der Waals surface area contributed by atoms with Crippen LogP contribution in [0.1, 0.15) is 25.8 Å². The van der Waals surface area contributed by atoms with Crippen molar-refractivity contribution in [2.45, 2.75) is 33.4 Å². The van der Waals surface area contributed by atoms with Crippen molar-refractivity contribution in [3.63, 3.8) is 0 Å². The van der Waals surface area contributed by atoms with Crippen molar-refractivity contribution in [3.8, 4) is 12.3 Å². The molecule has 0 radical (unpaired) electrons. The second-order valence-electron chi connectivity index (χ2n) is 5.34. The summed E-state index contributed by atoms with van der Waals surface area (Å²) in [5.74, 6) is 3.39. The first-order valence-electron chi connectivity index (χ1n) is 6.93. The third kappa shape index (κ3) is 3.39. The molecule has 2 rings (SSSR count). The maximum atomic E-state index is 5.37. The average Bonchev–Trinajstić information content (AvgIpc) is 2.75. The zero-order chi connectivity index (χ0) is 13.7. The molecule has 0 spiro atoms. The standard InChI is InChI=1S/C17H22N2/c1-4-5-10-19-13-15(12-18-11-14(2)3)16-8-6-7-9-17(16)19/h1,6-9,13-14,18H,5,10-12H2,2-3H3. The quantitative estimate of drug-likeness (QED) is 0.782. The molecule has 0 aliphatic rings. The van der Waals surface area contributed by atoms with Gasteiger partial charge >= 0.3 is 0 Å². The Bertz CT molecular complexity index is 572. The Hall–Kier alpha value is -1.72. The number of aromatic nitrogens is 1. The average molecular weight is 254 g/mol. The molecule has 2 nitrogen and oxygen atoms in total. The topological polar surface area (TPSA) is 17.0 Å². The van der Waals surface area contributed by atoms with Gasteiger partial charge in [-0.15, -0.1) is 12.3 Å². The molecule has 0 unspecified atom stereocenters. The van der Waals surface area contributed by atoms with E-state index in [-0.39, 0.29) is 0 Å². The molecule has 100 valence electrons. The van der Waals surface area contributed by atoms with Gasteiger partial charge < -0.3 is 9.88 Å². The molecule has 1 aromatic heterocycles. The lowest BCUT2D eigenvalue weighted by atomic mass is 10.1. The number of hydrogen-bond donors (Lipinski definition) is 1. The third-order valence-corrected chi connectivity index (χ3v) is 3.24. The van der Waals surface area contributed by atoms with E-state index in [0.717, 1.165) is 26.1 Å². The van der Waals surface area contributed by atoms with Crippen LogP contribution in [0.5, 0.6) is 0 Å². The number of fused-ring (bicyclic) bond motifs is 1. The summed E-state index contributed by atoms with van der Waals surface area (Å²) in [7, 11) is 0. The molecule has 19 heavy (non-hydrogen) atoms. The number of para-hydroxylation sites is 1. The van der Waals surface area contributed by atoms with Gasteiger partial charge in [0.05, 0.1) is 0 Å². The number of hydrogen-bond acceptors (Lipinski definition) is 1. The Balaban J connectivity index is 2.21. The molecule has 0 fully saturated rings. The second kappa shape index (κ2) is 6.45. The Labute approximate surface area is 115 Å². The molecule has 0 saturated carbocycles. The van der Waals surface area contributed by atoms with Gasteiger partial charge in [-0.3, -0.25) is 0 Å². The van der Waals surface area contributed by atoms with E-state index in [9.17, 15) is 0 Å². The van der Waals surface area contributed by atoms with Crippen LogP contribution in [0.15, 0.2) is 30.5 Å². The predicted molar refractivity (Wildman–Crippen MR) is 81.9 cm³/mol. The Morgan fingerprint density at radius 2 is 2.11 bits per heavy atom. The van der Waals surface area contributed by atoms with E-state index in [4.69, 9.17) is 6.42 Å². The summed E-state index contributed by atoms with van der Waals surface area (Å²) in [4.78, 5) is 0. The molecule has 2 heteroatoms. The fourth-order valence-corrected chi connectivity index (χ4v) is 2.33. The normalized spacial score (nSPS) is 11.1. The molecule has 2 aromatic rings. The van der Waals surface area contributed by atoms with E-state index in [2.05, 4.69) is 60.1 Å². The highest BCUT2D eigenvalue weighted by molar-refractivity contribution is 5.83. The minimum absolute atomic E-state index is 0.676. The zero-order valence-electron chi connectivity index (χ0n) is 11.8. The largest absolute Gasteiger partial charge is 0.346 e. The SMILES string of the molecule is C#CCCn1cc(CNCC(C)C)c2ccccc21. The molecule has 0 bridgehead atoms. The van der Waals surface area contributed by atoms with Crippen LogP contribution in [0.2, 0.25) is 0 Å². The van der Waals surface area contributed by atoms with Crippen molar-refractivity contribution in [2.75, 3.05) is 6.54 Å². The van der Waals surface area contributed by atoms with Crippen LogP contribution in [0.4, 0.5) is 0 Å². The van der Waals surface area contributed by atoms with Gasteiger partial charge in [0.1, 0.15) is 0 Å². The third-order valence-electron chi connectivity index (χ3n) is 3.24. The van der Waals surface area contributed by atoms with Crippen molar-refractivity contribution in [1.29, 1.82) is 0 Å². The van der Waals surface area contributed by atoms with Crippen LogP contribution in [-0.2, 0) is 13.1 Å². The van der Waals surface area contributed by atoms with Crippen molar-refractivity contribution in [2.24, 2.45) is 5.92 Å². The lowest BCUT2D eigenvalue weighted by Crippen LogP contribution is -2.18. The summed E-state index contributed by atoms with van der Waals surface area (Å²) >= 11 is 0. The lowest BCUT2D eigenvalue weighted by molar-refractivity contribution is 0.552. The minimum atomic E-state index is 0.676. The first-order valence-corrected chi connectivity index (χ1v) is 6.93. The van der Waals surface area contributed by atoms with E-state index in [1.165, 1.54) is 16.5 Å². The number of rotatable bonds is 6. The summed E-state index contributed by atoms with van der Waals surface area (Å²) in [5.41, 5.74) is 2.63. The molecule has 1 heterocycles. The summed E-state index contributed by atoms with van der Waals surface area (Å²) in [6, 6.07) is 8.53. The summed E-state index contributed by atoms with van der Waals surface area (Å²) in [6.07, 6.45) is 8.37. The fraction of sp³-hybridized carbons (Fsp3) is 0.412. The molecular formula is C17H22N2. The molecule has 0 atom stereocenters. The van der Waals surface area contributed by atoms with E-state index >= 15 is 0 Å². The Morgan fingerprint density at radius 1 is 1.32 bits per heavy atom. The molecule has 0 aliphatic carbocycles. The zero-order valence-corrected chi connectivity index (χ0v) is 11.8. The van der Waals surface area contributed by atoms with Gasteiger partial charge in [0, 0.05) is 36.6 Å². The number of aryl methyl sites for hydroxylation is 1. The van der Waals surface area contributed by atoms with Crippen LogP contribution >= 0.6 is 0 Å². The second-order valence-corrected chi connectivity index (χ2v) is 5.34. The molecule has 0 aliphatic heterocycles. The fourth-order valence-electron chi connectivity index (χ4n) is 2.33. The summed E-state index contributed by atoms with van der Waals surface area (Å²) < 4.78 is 2.27. The van der Waals surface area contributed by atoms with Gasteiger partial charge in [-0.2, -0.15) is 0 Å². The van der Waals surface area contributed by atoms with Crippen LogP contribution in [-0.4, -0.2) is 11.1 Å². The van der Waals surface area contributed by atoms with Gasteiger partial charge in [-0.25, -0.2) is 0 Å². The monoisotopic (exact) mass is 254 g/mol. The molecule has 1 aromatic carbocycles. The highest BCUT2D eigenvalue weighted by Crippen LogP contribution is 2.21. The molecule has 1 N–H and O–H groups in total. The van der Waals surface area contributed by atoms with Gasteiger partial charge in [0.15, 0.2) is 0 Å². The molecular weight excluding hydrogens is 232 g/mol. The van der Waals surface area contributed by atoms with Crippen LogP contribution in [0, 0.1) is 18.3 Å². The Kier molecular flexibility index (Phi) is 4.65. The predicted octanol–water partition coefficient (Wildman–Crippen LogP) is 3.41. The smallest absolute Gasteiger partial charge is 0.0483 e. The van der Waals surface area contributed by atoms with Crippen LogP contribution in [0.25, 0.3) is 10.9 Å².